The first-order valence-corrected chi connectivity index (χ1v) is 7.82. The van der Waals surface area contributed by atoms with Crippen molar-refractivity contribution in [1.82, 2.24) is 10.2 Å². The van der Waals surface area contributed by atoms with Gasteiger partial charge in [0, 0.05) is 31.7 Å². The third-order valence-corrected chi connectivity index (χ3v) is 4.32. The monoisotopic (exact) mass is 293 g/mol. The molecule has 0 bridgehead atoms. The SMILES string of the molecule is CC(C)NCc1cccc(F)c1N1CC(C)C(N(C)C)C1. The van der Waals surface area contributed by atoms with E-state index in [2.05, 4.69) is 50.0 Å². The Morgan fingerprint density at radius 3 is 2.62 bits per heavy atom. The Morgan fingerprint density at radius 1 is 1.33 bits per heavy atom. The van der Waals surface area contributed by atoms with Crippen LogP contribution in [0.3, 0.4) is 0 Å². The number of hydrogen-bond acceptors (Lipinski definition) is 3. The van der Waals surface area contributed by atoms with Gasteiger partial charge in [-0.05, 0) is 31.6 Å². The van der Waals surface area contributed by atoms with Crippen molar-refractivity contribution in [3.63, 3.8) is 0 Å². The molecule has 0 saturated carbocycles. The third kappa shape index (κ3) is 3.74. The zero-order chi connectivity index (χ0) is 15.6. The van der Waals surface area contributed by atoms with Crippen molar-refractivity contribution in [2.24, 2.45) is 5.92 Å². The predicted octanol–water partition coefficient (Wildman–Crippen LogP) is 2.71. The highest BCUT2D eigenvalue weighted by Crippen LogP contribution is 2.31. The maximum Gasteiger partial charge on any atom is 0.146 e. The molecular weight excluding hydrogens is 265 g/mol. The number of benzene rings is 1. The van der Waals surface area contributed by atoms with E-state index < -0.39 is 0 Å². The van der Waals surface area contributed by atoms with Gasteiger partial charge in [0.1, 0.15) is 5.82 Å². The molecule has 21 heavy (non-hydrogen) atoms. The molecule has 1 heterocycles. The van der Waals surface area contributed by atoms with Crippen molar-refractivity contribution < 1.29 is 4.39 Å². The maximum atomic E-state index is 14.4. The van der Waals surface area contributed by atoms with E-state index in [0.717, 1.165) is 24.3 Å². The number of hydrogen-bond donors (Lipinski definition) is 1. The van der Waals surface area contributed by atoms with Crippen molar-refractivity contribution in [3.8, 4) is 0 Å². The molecule has 118 valence electrons. The van der Waals surface area contributed by atoms with Crippen LogP contribution in [0, 0.1) is 11.7 Å². The fourth-order valence-electron chi connectivity index (χ4n) is 3.18. The molecule has 2 rings (SSSR count). The van der Waals surface area contributed by atoms with Gasteiger partial charge in [0.2, 0.25) is 0 Å². The fourth-order valence-corrected chi connectivity index (χ4v) is 3.18. The van der Waals surface area contributed by atoms with Crippen molar-refractivity contribution in [2.75, 3.05) is 32.1 Å². The molecule has 0 spiro atoms. The van der Waals surface area contributed by atoms with Crippen LogP contribution in [-0.4, -0.2) is 44.2 Å². The number of para-hydroxylation sites is 1. The summed E-state index contributed by atoms with van der Waals surface area (Å²) in [5.41, 5.74) is 1.83. The minimum Gasteiger partial charge on any atom is -0.367 e. The number of nitrogens with one attached hydrogen (secondary N) is 1. The Kier molecular flexibility index (Phi) is 5.22. The third-order valence-electron chi connectivity index (χ3n) is 4.32. The van der Waals surface area contributed by atoms with E-state index in [0.29, 0.717) is 24.5 Å². The van der Waals surface area contributed by atoms with E-state index in [1.165, 1.54) is 0 Å². The average molecular weight is 293 g/mol. The molecule has 4 heteroatoms. The van der Waals surface area contributed by atoms with Gasteiger partial charge < -0.3 is 15.1 Å². The van der Waals surface area contributed by atoms with Crippen molar-refractivity contribution >= 4 is 5.69 Å². The molecule has 1 N–H and O–H groups in total. The highest BCUT2D eigenvalue weighted by molar-refractivity contribution is 5.56. The molecule has 3 nitrogen and oxygen atoms in total. The number of rotatable bonds is 5. The van der Waals surface area contributed by atoms with Crippen LogP contribution in [0.2, 0.25) is 0 Å². The molecule has 1 aromatic rings. The fraction of sp³-hybridized carbons (Fsp3) is 0.647. The van der Waals surface area contributed by atoms with Gasteiger partial charge in [-0.1, -0.05) is 32.9 Å². The largest absolute Gasteiger partial charge is 0.367 e. The van der Waals surface area contributed by atoms with Crippen LogP contribution >= 0.6 is 0 Å². The van der Waals surface area contributed by atoms with Crippen LogP contribution in [0.1, 0.15) is 26.3 Å². The minimum atomic E-state index is -0.107. The highest BCUT2D eigenvalue weighted by atomic mass is 19.1. The quantitative estimate of drug-likeness (QED) is 0.900. The van der Waals surface area contributed by atoms with E-state index in [1.807, 2.05) is 6.07 Å². The van der Waals surface area contributed by atoms with Gasteiger partial charge in [-0.25, -0.2) is 4.39 Å². The van der Waals surface area contributed by atoms with Gasteiger partial charge in [-0.2, -0.15) is 0 Å². The molecule has 2 atom stereocenters. The van der Waals surface area contributed by atoms with E-state index in [9.17, 15) is 4.39 Å². The zero-order valence-corrected chi connectivity index (χ0v) is 13.9. The van der Waals surface area contributed by atoms with Crippen LogP contribution < -0.4 is 10.2 Å². The molecule has 0 radical (unpaired) electrons. The van der Waals surface area contributed by atoms with E-state index in [4.69, 9.17) is 0 Å². The standard InChI is InChI=1S/C17H28FN3/c1-12(2)19-9-14-7-6-8-15(18)17(14)21-10-13(3)16(11-21)20(4)5/h6-8,12-13,16,19H,9-11H2,1-5H3. The summed E-state index contributed by atoms with van der Waals surface area (Å²) in [6, 6.07) is 6.28. The van der Waals surface area contributed by atoms with Gasteiger partial charge in [0.05, 0.1) is 5.69 Å². The molecule has 1 aromatic carbocycles. The highest BCUT2D eigenvalue weighted by Gasteiger charge is 2.33. The smallest absolute Gasteiger partial charge is 0.146 e. The summed E-state index contributed by atoms with van der Waals surface area (Å²) in [4.78, 5) is 4.46. The van der Waals surface area contributed by atoms with Gasteiger partial charge in [-0.15, -0.1) is 0 Å². The molecule has 0 amide bonds. The number of anilines is 1. The summed E-state index contributed by atoms with van der Waals surface area (Å²) in [6.45, 7) is 8.99. The van der Waals surface area contributed by atoms with E-state index >= 15 is 0 Å². The molecule has 1 fully saturated rings. The lowest BCUT2D eigenvalue weighted by Gasteiger charge is -2.25. The first-order chi connectivity index (χ1) is 9.90. The van der Waals surface area contributed by atoms with Crippen LogP contribution in [0.15, 0.2) is 18.2 Å². The lowest BCUT2D eigenvalue weighted by molar-refractivity contribution is 0.266. The molecule has 1 aliphatic heterocycles. The van der Waals surface area contributed by atoms with Gasteiger partial charge in [0.15, 0.2) is 0 Å². The van der Waals surface area contributed by atoms with Crippen LogP contribution in [-0.2, 0) is 6.54 Å². The zero-order valence-electron chi connectivity index (χ0n) is 13.9. The topological polar surface area (TPSA) is 18.5 Å². The number of likely N-dealkylation sites (N-methyl/N-ethyl adjacent to an activating group) is 1. The lowest BCUT2D eigenvalue weighted by atomic mass is 10.1. The van der Waals surface area contributed by atoms with Crippen molar-refractivity contribution in [2.45, 2.75) is 39.4 Å². The summed E-state index contributed by atoms with van der Waals surface area (Å²) < 4.78 is 14.4. The Balaban J connectivity index is 2.23. The Bertz CT molecular complexity index is 473. The minimum absolute atomic E-state index is 0.107. The van der Waals surface area contributed by atoms with Crippen LogP contribution in [0.5, 0.6) is 0 Å². The number of halogens is 1. The van der Waals surface area contributed by atoms with Crippen LogP contribution in [0.25, 0.3) is 0 Å². The normalized spacial score (nSPS) is 22.6. The van der Waals surface area contributed by atoms with E-state index in [1.54, 1.807) is 12.1 Å². The molecule has 0 aliphatic carbocycles. The summed E-state index contributed by atoms with van der Waals surface area (Å²) in [5, 5.41) is 3.39. The second-order valence-corrected chi connectivity index (χ2v) is 6.70. The van der Waals surface area contributed by atoms with Gasteiger partial charge in [-0.3, -0.25) is 0 Å². The molecule has 1 saturated heterocycles. The first kappa shape index (κ1) is 16.2. The van der Waals surface area contributed by atoms with Gasteiger partial charge >= 0.3 is 0 Å². The Labute approximate surface area is 128 Å². The predicted molar refractivity (Wildman–Crippen MR) is 87.2 cm³/mol. The Hall–Kier alpha value is -1.13. The van der Waals surface area contributed by atoms with E-state index in [-0.39, 0.29) is 5.82 Å². The second-order valence-electron chi connectivity index (χ2n) is 6.70. The average Bonchev–Trinajstić information content (AvgIpc) is 2.78. The van der Waals surface area contributed by atoms with Crippen molar-refractivity contribution in [1.29, 1.82) is 0 Å². The van der Waals surface area contributed by atoms with Gasteiger partial charge in [0.25, 0.3) is 0 Å². The first-order valence-electron chi connectivity index (χ1n) is 7.82. The lowest BCUT2D eigenvalue weighted by Crippen LogP contribution is -2.34. The maximum absolute atomic E-state index is 14.4. The molecule has 2 unspecified atom stereocenters. The summed E-state index contributed by atoms with van der Waals surface area (Å²) in [5.74, 6) is 0.440. The molecule has 0 aromatic heterocycles. The number of nitrogens with zero attached hydrogens (tertiary/aromatic N) is 2. The summed E-state index contributed by atoms with van der Waals surface area (Å²) >= 11 is 0. The summed E-state index contributed by atoms with van der Waals surface area (Å²) in [6.07, 6.45) is 0. The second kappa shape index (κ2) is 6.75. The van der Waals surface area contributed by atoms with Crippen LogP contribution in [0.4, 0.5) is 10.1 Å². The molecule has 1 aliphatic rings. The Morgan fingerprint density at radius 2 is 2.05 bits per heavy atom. The summed E-state index contributed by atoms with van der Waals surface area (Å²) in [7, 11) is 4.21. The van der Waals surface area contributed by atoms with Crippen molar-refractivity contribution in [3.05, 3.63) is 29.6 Å². The molecular formula is C17H28FN3.